The van der Waals surface area contributed by atoms with E-state index in [2.05, 4.69) is 24.3 Å². The third-order valence-electron chi connectivity index (χ3n) is 2.09. The number of hydrogen-bond donors (Lipinski definition) is 1. The molecule has 0 spiro atoms. The highest BCUT2D eigenvalue weighted by Gasteiger charge is 1.94. The van der Waals surface area contributed by atoms with Crippen molar-refractivity contribution in [3.05, 3.63) is 24.2 Å². The van der Waals surface area contributed by atoms with E-state index < -0.39 is 0 Å². The zero-order chi connectivity index (χ0) is 10.2. The maximum absolute atomic E-state index is 5.23. The molecule has 0 fully saturated rings. The van der Waals surface area contributed by atoms with Crippen LogP contribution in [0.2, 0.25) is 0 Å². The Morgan fingerprint density at radius 1 is 1.36 bits per heavy atom. The molecular weight excluding hydrogens is 176 g/mol. The molecule has 0 amide bonds. The summed E-state index contributed by atoms with van der Waals surface area (Å²) in [4.78, 5) is 2.20. The second kappa shape index (κ2) is 6.62. The predicted molar refractivity (Wildman–Crippen MR) is 58.5 cm³/mol. The van der Waals surface area contributed by atoms with Gasteiger partial charge < -0.3 is 14.6 Å². The van der Waals surface area contributed by atoms with E-state index in [0.717, 1.165) is 31.8 Å². The van der Waals surface area contributed by atoms with E-state index in [-0.39, 0.29) is 0 Å². The normalized spacial score (nSPS) is 11.1. The van der Waals surface area contributed by atoms with Gasteiger partial charge in [0.05, 0.1) is 6.26 Å². The van der Waals surface area contributed by atoms with Crippen molar-refractivity contribution in [3.8, 4) is 0 Å². The molecule has 0 radical (unpaired) electrons. The zero-order valence-corrected chi connectivity index (χ0v) is 9.12. The van der Waals surface area contributed by atoms with Crippen LogP contribution in [0, 0.1) is 0 Å². The SMILES string of the molecule is CN(C)CCCNCCc1ccco1. The first-order valence-corrected chi connectivity index (χ1v) is 5.17. The highest BCUT2D eigenvalue weighted by atomic mass is 16.3. The molecule has 1 aromatic heterocycles. The highest BCUT2D eigenvalue weighted by Crippen LogP contribution is 1.99. The lowest BCUT2D eigenvalue weighted by atomic mass is 10.3. The lowest BCUT2D eigenvalue weighted by molar-refractivity contribution is 0.394. The molecule has 3 heteroatoms. The summed E-state index contributed by atoms with van der Waals surface area (Å²) in [5.74, 6) is 1.06. The van der Waals surface area contributed by atoms with Gasteiger partial charge in [0.2, 0.25) is 0 Å². The molecule has 1 rings (SSSR count). The van der Waals surface area contributed by atoms with Gasteiger partial charge in [-0.1, -0.05) is 0 Å². The van der Waals surface area contributed by atoms with Gasteiger partial charge in [-0.3, -0.25) is 0 Å². The molecular formula is C11H20N2O. The monoisotopic (exact) mass is 196 g/mol. The summed E-state index contributed by atoms with van der Waals surface area (Å²) in [5, 5.41) is 3.39. The van der Waals surface area contributed by atoms with Gasteiger partial charge >= 0.3 is 0 Å². The number of hydrogen-bond acceptors (Lipinski definition) is 3. The fraction of sp³-hybridized carbons (Fsp3) is 0.636. The molecule has 0 atom stereocenters. The average Bonchev–Trinajstić information content (AvgIpc) is 2.63. The summed E-state index contributed by atoms with van der Waals surface area (Å²) < 4.78 is 5.23. The Hall–Kier alpha value is -0.800. The summed E-state index contributed by atoms with van der Waals surface area (Å²) in [6.45, 7) is 3.23. The number of nitrogens with zero attached hydrogens (tertiary/aromatic N) is 1. The van der Waals surface area contributed by atoms with Crippen molar-refractivity contribution in [1.82, 2.24) is 10.2 Å². The number of furan rings is 1. The minimum atomic E-state index is 0.981. The minimum absolute atomic E-state index is 0.981. The molecule has 3 nitrogen and oxygen atoms in total. The minimum Gasteiger partial charge on any atom is -0.469 e. The van der Waals surface area contributed by atoms with Crippen LogP contribution in [-0.4, -0.2) is 38.6 Å². The van der Waals surface area contributed by atoms with Crippen molar-refractivity contribution in [2.75, 3.05) is 33.7 Å². The van der Waals surface area contributed by atoms with E-state index >= 15 is 0 Å². The molecule has 80 valence electrons. The van der Waals surface area contributed by atoms with Crippen LogP contribution in [0.25, 0.3) is 0 Å². The Balaban J connectivity index is 1.90. The molecule has 1 N–H and O–H groups in total. The average molecular weight is 196 g/mol. The summed E-state index contributed by atoms with van der Waals surface area (Å²) in [6, 6.07) is 3.95. The molecule has 0 aliphatic heterocycles. The first-order valence-electron chi connectivity index (χ1n) is 5.17. The number of nitrogens with one attached hydrogen (secondary N) is 1. The fourth-order valence-electron chi connectivity index (χ4n) is 1.31. The molecule has 0 aromatic carbocycles. The molecule has 0 aliphatic carbocycles. The quantitative estimate of drug-likeness (QED) is 0.668. The van der Waals surface area contributed by atoms with Crippen molar-refractivity contribution in [3.63, 3.8) is 0 Å². The Bertz CT molecular complexity index is 219. The Morgan fingerprint density at radius 2 is 2.21 bits per heavy atom. The van der Waals surface area contributed by atoms with E-state index in [0.29, 0.717) is 0 Å². The summed E-state index contributed by atoms with van der Waals surface area (Å²) in [5.41, 5.74) is 0. The molecule has 0 bridgehead atoms. The van der Waals surface area contributed by atoms with Crippen LogP contribution in [-0.2, 0) is 6.42 Å². The van der Waals surface area contributed by atoms with E-state index in [9.17, 15) is 0 Å². The Labute approximate surface area is 86.1 Å². The first kappa shape index (κ1) is 11.3. The van der Waals surface area contributed by atoms with Crippen molar-refractivity contribution in [1.29, 1.82) is 0 Å². The van der Waals surface area contributed by atoms with Gasteiger partial charge in [0, 0.05) is 13.0 Å². The van der Waals surface area contributed by atoms with E-state index in [1.165, 1.54) is 6.42 Å². The van der Waals surface area contributed by atoms with Gasteiger partial charge in [-0.25, -0.2) is 0 Å². The topological polar surface area (TPSA) is 28.4 Å². The molecule has 0 saturated heterocycles. The van der Waals surface area contributed by atoms with Gasteiger partial charge in [-0.05, 0) is 45.7 Å². The summed E-state index contributed by atoms with van der Waals surface area (Å²) in [6.07, 6.45) is 3.90. The smallest absolute Gasteiger partial charge is 0.105 e. The van der Waals surface area contributed by atoms with Crippen LogP contribution < -0.4 is 5.32 Å². The van der Waals surface area contributed by atoms with Gasteiger partial charge in [0.25, 0.3) is 0 Å². The van der Waals surface area contributed by atoms with Gasteiger partial charge in [-0.15, -0.1) is 0 Å². The lowest BCUT2D eigenvalue weighted by Gasteiger charge is -2.09. The molecule has 0 aliphatic rings. The van der Waals surface area contributed by atoms with Gasteiger partial charge in [0.15, 0.2) is 0 Å². The first-order chi connectivity index (χ1) is 6.79. The molecule has 1 heterocycles. The van der Waals surface area contributed by atoms with Crippen LogP contribution >= 0.6 is 0 Å². The third kappa shape index (κ3) is 5.04. The van der Waals surface area contributed by atoms with E-state index in [1.54, 1.807) is 6.26 Å². The van der Waals surface area contributed by atoms with E-state index in [1.807, 2.05) is 12.1 Å². The van der Waals surface area contributed by atoms with Crippen LogP contribution in [0.4, 0.5) is 0 Å². The second-order valence-corrected chi connectivity index (χ2v) is 3.74. The highest BCUT2D eigenvalue weighted by molar-refractivity contribution is 4.98. The second-order valence-electron chi connectivity index (χ2n) is 3.74. The van der Waals surface area contributed by atoms with Crippen LogP contribution in [0.1, 0.15) is 12.2 Å². The standard InChI is InChI=1S/C11H20N2O/c1-13(2)9-4-7-12-8-6-11-5-3-10-14-11/h3,5,10,12H,4,6-9H2,1-2H3. The Kier molecular flexibility index (Phi) is 5.33. The zero-order valence-electron chi connectivity index (χ0n) is 9.12. The van der Waals surface area contributed by atoms with Crippen molar-refractivity contribution < 1.29 is 4.42 Å². The maximum Gasteiger partial charge on any atom is 0.105 e. The van der Waals surface area contributed by atoms with E-state index in [4.69, 9.17) is 4.42 Å². The Morgan fingerprint density at radius 3 is 2.86 bits per heavy atom. The fourth-order valence-corrected chi connectivity index (χ4v) is 1.31. The van der Waals surface area contributed by atoms with Crippen molar-refractivity contribution in [2.45, 2.75) is 12.8 Å². The van der Waals surface area contributed by atoms with Crippen LogP contribution in [0.15, 0.2) is 22.8 Å². The summed E-state index contributed by atoms with van der Waals surface area (Å²) >= 11 is 0. The summed E-state index contributed by atoms with van der Waals surface area (Å²) in [7, 11) is 4.20. The lowest BCUT2D eigenvalue weighted by Crippen LogP contribution is -2.22. The van der Waals surface area contributed by atoms with Gasteiger partial charge in [-0.2, -0.15) is 0 Å². The largest absolute Gasteiger partial charge is 0.469 e. The molecule has 14 heavy (non-hydrogen) atoms. The maximum atomic E-state index is 5.23. The number of rotatable bonds is 7. The molecule has 0 saturated carbocycles. The van der Waals surface area contributed by atoms with Gasteiger partial charge in [0.1, 0.15) is 5.76 Å². The van der Waals surface area contributed by atoms with Crippen molar-refractivity contribution >= 4 is 0 Å². The third-order valence-corrected chi connectivity index (χ3v) is 2.09. The van der Waals surface area contributed by atoms with Crippen LogP contribution in [0.5, 0.6) is 0 Å². The molecule has 0 unspecified atom stereocenters. The molecule has 1 aromatic rings. The van der Waals surface area contributed by atoms with Crippen LogP contribution in [0.3, 0.4) is 0 Å². The van der Waals surface area contributed by atoms with Crippen molar-refractivity contribution in [2.24, 2.45) is 0 Å². The predicted octanol–water partition coefficient (Wildman–Crippen LogP) is 1.36.